The van der Waals surface area contributed by atoms with Gasteiger partial charge in [-0.2, -0.15) is 0 Å². The van der Waals surface area contributed by atoms with Crippen molar-refractivity contribution in [3.8, 4) is 11.5 Å². The van der Waals surface area contributed by atoms with E-state index in [0.29, 0.717) is 43.4 Å². The molecule has 8 nitrogen and oxygen atoms in total. The van der Waals surface area contributed by atoms with Crippen LogP contribution in [0.5, 0.6) is 11.5 Å². The van der Waals surface area contributed by atoms with Crippen LogP contribution in [-0.2, 0) is 28.9 Å². The summed E-state index contributed by atoms with van der Waals surface area (Å²) in [5.41, 5.74) is 2.38. The molecule has 0 saturated carbocycles. The minimum absolute atomic E-state index is 0.104. The summed E-state index contributed by atoms with van der Waals surface area (Å²) in [6.07, 6.45) is 0. The van der Waals surface area contributed by atoms with Crippen molar-refractivity contribution in [3.63, 3.8) is 0 Å². The quantitative estimate of drug-likeness (QED) is 0.648. The van der Waals surface area contributed by atoms with Crippen molar-refractivity contribution in [1.29, 1.82) is 0 Å². The molecule has 0 saturated heterocycles. The van der Waals surface area contributed by atoms with E-state index in [1.54, 1.807) is 18.2 Å². The van der Waals surface area contributed by atoms with Gasteiger partial charge in [-0.1, -0.05) is 30.3 Å². The summed E-state index contributed by atoms with van der Waals surface area (Å²) in [7, 11) is -1.95. The average Bonchev–Trinajstić information content (AvgIpc) is 2.70. The van der Waals surface area contributed by atoms with Gasteiger partial charge in [-0.15, -0.1) is 0 Å². The molecule has 9 heteroatoms. The number of nitrogens with one attached hydrogen (secondary N) is 3. The van der Waals surface area contributed by atoms with Crippen molar-refractivity contribution in [2.24, 2.45) is 0 Å². The third kappa shape index (κ3) is 5.61. The van der Waals surface area contributed by atoms with Gasteiger partial charge in [0.1, 0.15) is 13.2 Å². The predicted octanol–water partition coefficient (Wildman–Crippen LogP) is 1.51. The number of amides is 2. The second-order valence-corrected chi connectivity index (χ2v) is 8.22. The molecule has 0 radical (unpaired) electrons. The highest BCUT2D eigenvalue weighted by atomic mass is 32.2. The first-order chi connectivity index (χ1) is 13.4. The molecule has 0 bridgehead atoms. The fourth-order valence-electron chi connectivity index (χ4n) is 2.75. The van der Waals surface area contributed by atoms with Gasteiger partial charge in [0.25, 0.3) is 0 Å². The average molecular weight is 405 g/mol. The molecule has 0 spiro atoms. The predicted molar refractivity (Wildman–Crippen MR) is 105 cm³/mol. The topological polar surface area (TPSA) is 106 Å². The number of urea groups is 1. The first kappa shape index (κ1) is 20.0. The zero-order valence-electron chi connectivity index (χ0n) is 15.5. The molecule has 1 heterocycles. The third-order valence-corrected chi connectivity index (χ3v) is 5.51. The molecule has 150 valence electrons. The highest BCUT2D eigenvalue weighted by Crippen LogP contribution is 2.30. The largest absolute Gasteiger partial charge is 0.486 e. The normalized spacial score (nSPS) is 13.0. The lowest BCUT2D eigenvalue weighted by Crippen LogP contribution is -2.34. The van der Waals surface area contributed by atoms with Gasteiger partial charge in [-0.25, -0.2) is 17.9 Å². The summed E-state index contributed by atoms with van der Waals surface area (Å²) in [5.74, 6) is 1.28. The lowest BCUT2D eigenvalue weighted by Gasteiger charge is -2.19. The maximum absolute atomic E-state index is 12.1. The lowest BCUT2D eigenvalue weighted by atomic mass is 10.1. The summed E-state index contributed by atoms with van der Waals surface area (Å²) >= 11 is 0. The smallest absolute Gasteiger partial charge is 0.315 e. The van der Waals surface area contributed by atoms with Crippen LogP contribution in [0.1, 0.15) is 16.7 Å². The molecule has 2 aromatic carbocycles. The van der Waals surface area contributed by atoms with Gasteiger partial charge >= 0.3 is 6.03 Å². The molecule has 0 unspecified atom stereocenters. The first-order valence-corrected chi connectivity index (χ1v) is 10.5. The van der Waals surface area contributed by atoms with Gasteiger partial charge in [0.05, 0.1) is 5.75 Å². The number of benzene rings is 2. The Morgan fingerprint density at radius 1 is 0.929 bits per heavy atom. The molecule has 1 aliphatic heterocycles. The number of hydrogen-bond donors (Lipinski definition) is 3. The minimum atomic E-state index is -3.34. The Balaban J connectivity index is 1.49. The summed E-state index contributed by atoms with van der Waals surface area (Å²) < 4.78 is 36.6. The second kappa shape index (κ2) is 8.94. The summed E-state index contributed by atoms with van der Waals surface area (Å²) in [6.45, 7) is 1.69. The fraction of sp³-hybridized carbons (Fsp3) is 0.316. The van der Waals surface area contributed by atoms with Crippen molar-refractivity contribution >= 4 is 16.1 Å². The van der Waals surface area contributed by atoms with Gasteiger partial charge in [-0.3, -0.25) is 0 Å². The van der Waals surface area contributed by atoms with E-state index >= 15 is 0 Å². The zero-order chi connectivity index (χ0) is 20.0. The first-order valence-electron chi connectivity index (χ1n) is 8.84. The van der Waals surface area contributed by atoms with Crippen LogP contribution in [0.3, 0.4) is 0 Å². The van der Waals surface area contributed by atoms with Crippen LogP contribution in [0.25, 0.3) is 0 Å². The van der Waals surface area contributed by atoms with Crippen LogP contribution in [0, 0.1) is 0 Å². The van der Waals surface area contributed by atoms with E-state index < -0.39 is 10.0 Å². The van der Waals surface area contributed by atoms with Gasteiger partial charge < -0.3 is 20.1 Å². The molecule has 3 N–H and O–H groups in total. The second-order valence-electron chi connectivity index (χ2n) is 6.30. The van der Waals surface area contributed by atoms with Gasteiger partial charge in [0, 0.05) is 13.1 Å². The van der Waals surface area contributed by atoms with Crippen LogP contribution in [-0.4, -0.2) is 34.7 Å². The Hall–Kier alpha value is -2.78. The van der Waals surface area contributed by atoms with Crippen molar-refractivity contribution in [3.05, 3.63) is 59.2 Å². The molecule has 28 heavy (non-hydrogen) atoms. The molecule has 0 fully saturated rings. The van der Waals surface area contributed by atoms with E-state index in [1.165, 1.54) is 7.05 Å². The van der Waals surface area contributed by atoms with Crippen LogP contribution in [0.2, 0.25) is 0 Å². The number of carbonyl (C=O) groups excluding carboxylic acids is 1. The van der Waals surface area contributed by atoms with E-state index in [-0.39, 0.29) is 11.8 Å². The molecular weight excluding hydrogens is 382 g/mol. The van der Waals surface area contributed by atoms with E-state index in [9.17, 15) is 13.2 Å². The Labute approximate surface area is 164 Å². The fourth-order valence-corrected chi connectivity index (χ4v) is 3.51. The highest BCUT2D eigenvalue weighted by molar-refractivity contribution is 7.88. The molecule has 0 aromatic heterocycles. The number of sulfonamides is 1. The molecule has 2 aromatic rings. The molecule has 0 atom stereocenters. The SMILES string of the molecule is CNS(=O)(=O)Cc1cccc(CNC(=O)NCc2ccc3c(c2)OCCO3)c1. The maximum atomic E-state index is 12.1. The number of rotatable bonds is 7. The van der Waals surface area contributed by atoms with Gasteiger partial charge in [-0.05, 0) is 35.9 Å². The standard InChI is InChI=1S/C19H23N3O5S/c1-20-28(24,25)13-16-4-2-3-14(9-16)11-21-19(23)22-12-15-5-6-17-18(10-15)27-8-7-26-17/h2-6,9-10,20H,7-8,11-13H2,1H3,(H2,21,22,23). The van der Waals surface area contributed by atoms with Crippen LogP contribution < -0.4 is 24.8 Å². The molecule has 1 aliphatic rings. The molecular formula is C19H23N3O5S. The third-order valence-electron chi connectivity index (χ3n) is 4.17. The van der Waals surface area contributed by atoms with Crippen LogP contribution in [0.4, 0.5) is 4.79 Å². The van der Waals surface area contributed by atoms with Crippen molar-refractivity contribution in [2.45, 2.75) is 18.8 Å². The molecule has 0 aliphatic carbocycles. The number of fused-ring (bicyclic) bond motifs is 1. The Kier molecular flexibility index (Phi) is 6.37. The van der Waals surface area contributed by atoms with Crippen molar-refractivity contribution in [2.75, 3.05) is 20.3 Å². The Bertz CT molecular complexity index is 946. The number of ether oxygens (including phenoxy) is 2. The molecule has 3 rings (SSSR count). The van der Waals surface area contributed by atoms with Crippen LogP contribution in [0.15, 0.2) is 42.5 Å². The number of hydrogen-bond acceptors (Lipinski definition) is 5. The molecule has 2 amide bonds. The highest BCUT2D eigenvalue weighted by Gasteiger charge is 2.12. The maximum Gasteiger partial charge on any atom is 0.315 e. The monoisotopic (exact) mass is 405 g/mol. The van der Waals surface area contributed by atoms with Crippen molar-refractivity contribution < 1.29 is 22.7 Å². The summed E-state index contributed by atoms with van der Waals surface area (Å²) in [4.78, 5) is 12.1. The lowest BCUT2D eigenvalue weighted by molar-refractivity contribution is 0.171. The van der Waals surface area contributed by atoms with Gasteiger partial charge in [0.2, 0.25) is 10.0 Å². The Morgan fingerprint density at radius 2 is 1.57 bits per heavy atom. The van der Waals surface area contributed by atoms with Crippen LogP contribution >= 0.6 is 0 Å². The Morgan fingerprint density at radius 3 is 2.29 bits per heavy atom. The van der Waals surface area contributed by atoms with E-state index in [2.05, 4.69) is 15.4 Å². The van der Waals surface area contributed by atoms with Crippen molar-refractivity contribution in [1.82, 2.24) is 15.4 Å². The van der Waals surface area contributed by atoms with E-state index in [4.69, 9.17) is 9.47 Å². The van der Waals surface area contributed by atoms with E-state index in [0.717, 1.165) is 11.1 Å². The van der Waals surface area contributed by atoms with E-state index in [1.807, 2.05) is 24.3 Å². The minimum Gasteiger partial charge on any atom is -0.486 e. The number of carbonyl (C=O) groups is 1. The summed E-state index contributed by atoms with van der Waals surface area (Å²) in [6, 6.07) is 12.3. The summed E-state index contributed by atoms with van der Waals surface area (Å²) in [5, 5.41) is 5.55. The zero-order valence-corrected chi connectivity index (χ0v) is 16.3. The van der Waals surface area contributed by atoms with Gasteiger partial charge in [0.15, 0.2) is 11.5 Å².